The van der Waals surface area contributed by atoms with Gasteiger partial charge in [-0.25, -0.2) is 9.18 Å². The summed E-state index contributed by atoms with van der Waals surface area (Å²) in [5.74, 6) is -1.98. The fourth-order valence-electron chi connectivity index (χ4n) is 2.65. The largest absolute Gasteiger partial charge is 0.479 e. The molecule has 1 amide bonds. The van der Waals surface area contributed by atoms with Gasteiger partial charge in [0.15, 0.2) is 6.10 Å². The van der Waals surface area contributed by atoms with Crippen LogP contribution in [-0.2, 0) is 14.3 Å². The van der Waals surface area contributed by atoms with Gasteiger partial charge < -0.3 is 14.7 Å². The van der Waals surface area contributed by atoms with Crippen LogP contribution < -0.4 is 0 Å². The van der Waals surface area contributed by atoms with E-state index in [-0.39, 0.29) is 24.1 Å². The number of amides is 1. The molecule has 20 heavy (non-hydrogen) atoms. The number of morpholine rings is 1. The van der Waals surface area contributed by atoms with Crippen molar-refractivity contribution < 1.29 is 23.8 Å². The van der Waals surface area contributed by atoms with Gasteiger partial charge in [-0.1, -0.05) is 18.2 Å². The fraction of sp³-hybridized carbons (Fsp3) is 0.429. The first kappa shape index (κ1) is 13.1. The van der Waals surface area contributed by atoms with Crippen LogP contribution >= 0.6 is 0 Å². The number of hydrogen-bond acceptors (Lipinski definition) is 3. The summed E-state index contributed by atoms with van der Waals surface area (Å²) < 4.78 is 19.1. The minimum atomic E-state index is -1.23. The molecule has 2 atom stereocenters. The topological polar surface area (TPSA) is 66.8 Å². The Morgan fingerprint density at radius 3 is 2.65 bits per heavy atom. The minimum absolute atomic E-state index is 0.00199. The smallest absolute Gasteiger partial charge is 0.335 e. The first-order valence-electron chi connectivity index (χ1n) is 6.49. The van der Waals surface area contributed by atoms with Gasteiger partial charge >= 0.3 is 5.97 Å². The van der Waals surface area contributed by atoms with Crippen molar-refractivity contribution in [3.05, 3.63) is 35.6 Å². The molecule has 1 aliphatic heterocycles. The molecule has 6 heteroatoms. The van der Waals surface area contributed by atoms with Crippen molar-refractivity contribution in [2.45, 2.75) is 31.0 Å². The number of carbonyl (C=O) groups excluding carboxylic acids is 1. The molecular weight excluding hydrogens is 265 g/mol. The van der Waals surface area contributed by atoms with Gasteiger partial charge in [0.1, 0.15) is 12.4 Å². The van der Waals surface area contributed by atoms with Crippen LogP contribution in [0.4, 0.5) is 4.39 Å². The SMILES string of the molecule is O=C(O)C1OCC(=O)N(C2CC2)C1c1ccccc1F. The zero-order valence-corrected chi connectivity index (χ0v) is 10.7. The third-order valence-electron chi connectivity index (χ3n) is 3.67. The molecule has 1 heterocycles. The number of nitrogens with zero attached hydrogens (tertiary/aromatic N) is 1. The molecule has 0 bridgehead atoms. The molecule has 0 radical (unpaired) electrons. The van der Waals surface area contributed by atoms with Gasteiger partial charge in [-0.2, -0.15) is 0 Å². The van der Waals surface area contributed by atoms with E-state index in [1.807, 2.05) is 0 Å². The molecule has 0 spiro atoms. The van der Waals surface area contributed by atoms with Crippen molar-refractivity contribution in [3.63, 3.8) is 0 Å². The van der Waals surface area contributed by atoms with E-state index < -0.39 is 23.9 Å². The van der Waals surface area contributed by atoms with Crippen molar-refractivity contribution in [1.82, 2.24) is 4.90 Å². The fourth-order valence-corrected chi connectivity index (χ4v) is 2.65. The average molecular weight is 279 g/mol. The number of carbonyl (C=O) groups is 2. The van der Waals surface area contributed by atoms with Gasteiger partial charge in [0.2, 0.25) is 5.91 Å². The van der Waals surface area contributed by atoms with Gasteiger partial charge in [-0.3, -0.25) is 4.79 Å². The van der Waals surface area contributed by atoms with Crippen LogP contribution in [0.2, 0.25) is 0 Å². The number of rotatable bonds is 3. The molecule has 2 aliphatic rings. The number of hydrogen-bond donors (Lipinski definition) is 1. The lowest BCUT2D eigenvalue weighted by Crippen LogP contribution is -2.52. The minimum Gasteiger partial charge on any atom is -0.479 e. The summed E-state index contributed by atoms with van der Waals surface area (Å²) in [5, 5.41) is 9.28. The number of halogens is 1. The quantitative estimate of drug-likeness (QED) is 0.906. The highest BCUT2D eigenvalue weighted by Gasteiger charge is 2.48. The highest BCUT2D eigenvalue weighted by atomic mass is 19.1. The summed E-state index contributed by atoms with van der Waals surface area (Å²) in [7, 11) is 0. The summed E-state index contributed by atoms with van der Waals surface area (Å²) in [4.78, 5) is 24.9. The molecule has 5 nitrogen and oxygen atoms in total. The molecule has 2 fully saturated rings. The third kappa shape index (κ3) is 2.16. The van der Waals surface area contributed by atoms with E-state index in [9.17, 15) is 19.1 Å². The Kier molecular flexibility index (Phi) is 3.17. The van der Waals surface area contributed by atoms with E-state index in [0.717, 1.165) is 12.8 Å². The summed E-state index contributed by atoms with van der Waals surface area (Å²) in [5.41, 5.74) is 0.194. The summed E-state index contributed by atoms with van der Waals surface area (Å²) in [6.07, 6.45) is 0.414. The van der Waals surface area contributed by atoms with Gasteiger partial charge in [-0.15, -0.1) is 0 Å². The Labute approximate surface area is 114 Å². The number of carboxylic acid groups (broad SMARTS) is 1. The van der Waals surface area contributed by atoms with E-state index in [2.05, 4.69) is 0 Å². The lowest BCUT2D eigenvalue weighted by atomic mass is 9.97. The van der Waals surface area contributed by atoms with Crippen molar-refractivity contribution >= 4 is 11.9 Å². The van der Waals surface area contributed by atoms with Gasteiger partial charge in [0.05, 0.1) is 6.04 Å². The molecule has 106 valence electrons. The molecule has 1 aromatic carbocycles. The highest BCUT2D eigenvalue weighted by molar-refractivity contribution is 5.83. The molecule has 0 aromatic heterocycles. The molecule has 1 saturated heterocycles. The Morgan fingerprint density at radius 1 is 1.35 bits per heavy atom. The van der Waals surface area contributed by atoms with Gasteiger partial charge in [-0.05, 0) is 18.9 Å². The second-order valence-corrected chi connectivity index (χ2v) is 5.07. The van der Waals surface area contributed by atoms with Crippen LogP contribution in [0.1, 0.15) is 24.4 Å². The average Bonchev–Trinajstić information content (AvgIpc) is 3.23. The maximum Gasteiger partial charge on any atom is 0.335 e. The Bertz CT molecular complexity index is 558. The van der Waals surface area contributed by atoms with E-state index >= 15 is 0 Å². The molecular formula is C14H14FNO4. The van der Waals surface area contributed by atoms with Crippen LogP contribution in [-0.4, -0.2) is 40.6 Å². The monoisotopic (exact) mass is 279 g/mol. The van der Waals surface area contributed by atoms with E-state index in [4.69, 9.17) is 4.74 Å². The summed E-state index contributed by atoms with van der Waals surface area (Å²) >= 11 is 0. The highest BCUT2D eigenvalue weighted by Crippen LogP contribution is 2.40. The molecule has 1 saturated carbocycles. The first-order valence-corrected chi connectivity index (χ1v) is 6.49. The standard InChI is InChI=1S/C14H14FNO4/c15-10-4-2-1-3-9(10)12-13(14(18)19)20-7-11(17)16(12)8-5-6-8/h1-4,8,12-13H,5-7H2,(H,18,19). The number of benzene rings is 1. The van der Waals surface area contributed by atoms with E-state index in [1.165, 1.54) is 23.1 Å². The van der Waals surface area contributed by atoms with Gasteiger partial charge in [0.25, 0.3) is 0 Å². The normalized spacial score (nSPS) is 26.6. The summed E-state index contributed by atoms with van der Waals surface area (Å²) in [6.45, 7) is -0.265. The second-order valence-electron chi connectivity index (χ2n) is 5.07. The molecule has 1 aromatic rings. The van der Waals surface area contributed by atoms with Crippen LogP contribution in [0.5, 0.6) is 0 Å². The van der Waals surface area contributed by atoms with Crippen LogP contribution in [0.15, 0.2) is 24.3 Å². The maximum absolute atomic E-state index is 14.0. The maximum atomic E-state index is 14.0. The van der Waals surface area contributed by atoms with Crippen molar-refractivity contribution in [2.24, 2.45) is 0 Å². The summed E-state index contributed by atoms with van der Waals surface area (Å²) in [6, 6.07) is 5.02. The molecule has 3 rings (SSSR count). The third-order valence-corrected chi connectivity index (χ3v) is 3.67. The van der Waals surface area contributed by atoms with Gasteiger partial charge in [0, 0.05) is 11.6 Å². The predicted octanol–water partition coefficient (Wildman–Crippen LogP) is 1.34. The van der Waals surface area contributed by atoms with E-state index in [0.29, 0.717) is 0 Å². The van der Waals surface area contributed by atoms with Crippen LogP contribution in [0, 0.1) is 5.82 Å². The van der Waals surface area contributed by atoms with Crippen LogP contribution in [0.25, 0.3) is 0 Å². The zero-order valence-electron chi connectivity index (χ0n) is 10.7. The lowest BCUT2D eigenvalue weighted by molar-refractivity contribution is -0.174. The van der Waals surface area contributed by atoms with Crippen molar-refractivity contribution in [3.8, 4) is 0 Å². The van der Waals surface area contributed by atoms with Crippen LogP contribution in [0.3, 0.4) is 0 Å². The predicted molar refractivity (Wildman–Crippen MR) is 66.4 cm³/mol. The molecule has 2 unspecified atom stereocenters. The number of carboxylic acids is 1. The zero-order chi connectivity index (χ0) is 14.3. The molecule has 1 aliphatic carbocycles. The Balaban J connectivity index is 2.05. The van der Waals surface area contributed by atoms with E-state index in [1.54, 1.807) is 6.07 Å². The first-order chi connectivity index (χ1) is 9.59. The Morgan fingerprint density at radius 2 is 2.05 bits per heavy atom. The second kappa shape index (κ2) is 4.86. The number of aliphatic carboxylic acids is 1. The Hall–Kier alpha value is -1.95. The number of ether oxygens (including phenoxy) is 1. The van der Waals surface area contributed by atoms with Crippen molar-refractivity contribution in [2.75, 3.05) is 6.61 Å². The lowest BCUT2D eigenvalue weighted by Gasteiger charge is -2.39. The van der Waals surface area contributed by atoms with Crippen molar-refractivity contribution in [1.29, 1.82) is 0 Å². The molecule has 1 N–H and O–H groups in total.